The van der Waals surface area contributed by atoms with Crippen LogP contribution in [0.25, 0.3) is 0 Å². The fraction of sp³-hybridized carbons (Fsp3) is 0.571. The predicted molar refractivity (Wildman–Crippen MR) is 70.6 cm³/mol. The maximum Gasteiger partial charge on any atom is 0.0796 e. The molecule has 2 heteroatoms. The van der Waals surface area contributed by atoms with Gasteiger partial charge in [-0.15, -0.1) is 0 Å². The Kier molecular flexibility index (Phi) is 7.86. The van der Waals surface area contributed by atoms with Crippen LogP contribution < -0.4 is 5.32 Å². The van der Waals surface area contributed by atoms with Gasteiger partial charge in [-0.2, -0.15) is 0 Å². The number of hydrogen-bond donors (Lipinski definition) is 1. The summed E-state index contributed by atoms with van der Waals surface area (Å²) in [7, 11) is 0. The smallest absolute Gasteiger partial charge is 0.0796 e. The van der Waals surface area contributed by atoms with Gasteiger partial charge in [0.25, 0.3) is 0 Å². The lowest BCUT2D eigenvalue weighted by Gasteiger charge is -2.12. The minimum Gasteiger partial charge on any atom is -0.374 e. The van der Waals surface area contributed by atoms with E-state index in [-0.39, 0.29) is 13.5 Å². The first-order chi connectivity index (χ1) is 7.27. The van der Waals surface area contributed by atoms with E-state index in [0.717, 1.165) is 19.7 Å². The molecular weight excluding hydrogens is 198 g/mol. The quantitative estimate of drug-likeness (QED) is 0.796. The van der Waals surface area contributed by atoms with Crippen LogP contribution in [0.1, 0.15) is 45.4 Å². The van der Waals surface area contributed by atoms with Gasteiger partial charge in [0.15, 0.2) is 0 Å². The summed E-state index contributed by atoms with van der Waals surface area (Å²) in [6, 6.07) is 8.61. The monoisotopic (exact) mass is 223 g/mol. The van der Waals surface area contributed by atoms with Crippen molar-refractivity contribution < 1.29 is 4.74 Å². The number of rotatable bonds is 6. The van der Waals surface area contributed by atoms with E-state index in [1.54, 1.807) is 0 Å². The zero-order valence-electron chi connectivity index (χ0n) is 9.92. The molecular formula is C14H25NO. The van der Waals surface area contributed by atoms with E-state index < -0.39 is 0 Å². The van der Waals surface area contributed by atoms with Crippen molar-refractivity contribution in [2.24, 2.45) is 0 Å². The highest BCUT2D eigenvalue weighted by Crippen LogP contribution is 2.16. The molecule has 1 rings (SSSR count). The average Bonchev–Trinajstić information content (AvgIpc) is 2.27. The second-order valence-electron chi connectivity index (χ2n) is 3.62. The lowest BCUT2D eigenvalue weighted by atomic mass is 10.1. The van der Waals surface area contributed by atoms with Crippen LogP contribution in [-0.2, 0) is 11.3 Å². The normalized spacial score (nSPS) is 11.9. The summed E-state index contributed by atoms with van der Waals surface area (Å²) in [5.74, 6) is 0. The molecule has 0 saturated carbocycles. The maximum atomic E-state index is 5.53. The molecule has 0 radical (unpaired) electrons. The summed E-state index contributed by atoms with van der Waals surface area (Å²) in [6.45, 7) is 8.95. The van der Waals surface area contributed by atoms with E-state index in [0.29, 0.717) is 0 Å². The topological polar surface area (TPSA) is 21.3 Å². The molecule has 0 fully saturated rings. The van der Waals surface area contributed by atoms with Crippen molar-refractivity contribution in [3.05, 3.63) is 35.4 Å². The highest BCUT2D eigenvalue weighted by molar-refractivity contribution is 5.23. The number of nitrogens with one attached hydrogen (secondary N) is 1. The van der Waals surface area contributed by atoms with Crippen molar-refractivity contribution in [3.8, 4) is 0 Å². The molecule has 0 aliphatic rings. The van der Waals surface area contributed by atoms with Crippen LogP contribution in [0.3, 0.4) is 0 Å². The van der Waals surface area contributed by atoms with E-state index in [2.05, 4.69) is 43.4 Å². The Balaban J connectivity index is 0.00000225. The molecule has 0 aromatic heterocycles. The fourth-order valence-corrected chi connectivity index (χ4v) is 1.52. The van der Waals surface area contributed by atoms with E-state index in [1.165, 1.54) is 11.1 Å². The van der Waals surface area contributed by atoms with E-state index in [1.807, 2.05) is 6.92 Å². The van der Waals surface area contributed by atoms with Gasteiger partial charge >= 0.3 is 0 Å². The van der Waals surface area contributed by atoms with Gasteiger partial charge in [-0.25, -0.2) is 0 Å². The summed E-state index contributed by atoms with van der Waals surface area (Å²) in [6.07, 6.45) is 0.197. The van der Waals surface area contributed by atoms with Crippen molar-refractivity contribution in [1.29, 1.82) is 0 Å². The second kappa shape index (κ2) is 8.31. The van der Waals surface area contributed by atoms with Gasteiger partial charge < -0.3 is 10.1 Å². The third kappa shape index (κ3) is 4.77. The molecule has 0 aliphatic heterocycles. The average molecular weight is 223 g/mol. The van der Waals surface area contributed by atoms with Crippen molar-refractivity contribution >= 4 is 0 Å². The molecule has 0 aliphatic carbocycles. The molecule has 0 bridgehead atoms. The first-order valence-electron chi connectivity index (χ1n) is 5.69. The summed E-state index contributed by atoms with van der Waals surface area (Å²) in [4.78, 5) is 0. The van der Waals surface area contributed by atoms with Crippen molar-refractivity contribution in [2.45, 2.75) is 40.8 Å². The Bertz CT molecular complexity index is 269. The molecule has 92 valence electrons. The van der Waals surface area contributed by atoms with E-state index in [9.17, 15) is 0 Å². The maximum absolute atomic E-state index is 5.53. The summed E-state index contributed by atoms with van der Waals surface area (Å²) >= 11 is 0. The van der Waals surface area contributed by atoms with Crippen LogP contribution in [0, 0.1) is 0 Å². The van der Waals surface area contributed by atoms with Gasteiger partial charge in [-0.1, -0.05) is 38.6 Å². The summed E-state index contributed by atoms with van der Waals surface area (Å²) < 4.78 is 5.53. The largest absolute Gasteiger partial charge is 0.374 e. The van der Waals surface area contributed by atoms with Gasteiger partial charge in [0.2, 0.25) is 0 Å². The molecule has 1 aromatic carbocycles. The molecule has 0 heterocycles. The van der Waals surface area contributed by atoms with Gasteiger partial charge in [0.1, 0.15) is 0 Å². The third-order valence-electron chi connectivity index (χ3n) is 2.44. The minimum absolute atomic E-state index is 0. The molecule has 0 saturated heterocycles. The Morgan fingerprint density at radius 3 is 2.31 bits per heavy atom. The second-order valence-corrected chi connectivity index (χ2v) is 3.62. The molecule has 2 nitrogen and oxygen atoms in total. The Morgan fingerprint density at radius 2 is 1.81 bits per heavy atom. The Hall–Kier alpha value is -0.860. The molecule has 0 amide bonds. The standard InChI is InChI=1S/C13H21NO.CH4/c1-4-14-10-12-6-8-13(9-7-12)11(3)15-5-2;/h6-9,11,14H,4-5,10H2,1-3H3;1H4. The minimum atomic E-state index is 0. The van der Waals surface area contributed by atoms with Crippen molar-refractivity contribution in [2.75, 3.05) is 13.2 Å². The first kappa shape index (κ1) is 15.1. The predicted octanol–water partition coefficient (Wildman–Crippen LogP) is 3.53. The number of benzene rings is 1. The summed E-state index contributed by atoms with van der Waals surface area (Å²) in [5.41, 5.74) is 2.57. The highest BCUT2D eigenvalue weighted by atomic mass is 16.5. The molecule has 1 unspecified atom stereocenters. The highest BCUT2D eigenvalue weighted by Gasteiger charge is 2.03. The van der Waals surface area contributed by atoms with Gasteiger partial charge in [0.05, 0.1) is 6.10 Å². The molecule has 1 N–H and O–H groups in total. The van der Waals surface area contributed by atoms with E-state index in [4.69, 9.17) is 4.74 Å². The Morgan fingerprint density at radius 1 is 1.19 bits per heavy atom. The lowest BCUT2D eigenvalue weighted by molar-refractivity contribution is 0.0764. The molecule has 0 spiro atoms. The number of ether oxygens (including phenoxy) is 1. The number of hydrogen-bond acceptors (Lipinski definition) is 2. The van der Waals surface area contributed by atoms with Gasteiger partial charge in [-0.05, 0) is 31.5 Å². The van der Waals surface area contributed by atoms with Crippen LogP contribution >= 0.6 is 0 Å². The first-order valence-corrected chi connectivity index (χ1v) is 5.69. The SMILES string of the molecule is C.CCNCc1ccc(C(C)OCC)cc1. The third-order valence-corrected chi connectivity index (χ3v) is 2.44. The van der Waals surface area contributed by atoms with Crippen molar-refractivity contribution in [1.82, 2.24) is 5.32 Å². The van der Waals surface area contributed by atoms with Crippen LogP contribution in [-0.4, -0.2) is 13.2 Å². The molecule has 1 atom stereocenters. The van der Waals surface area contributed by atoms with Crippen molar-refractivity contribution in [3.63, 3.8) is 0 Å². The molecule has 16 heavy (non-hydrogen) atoms. The van der Waals surface area contributed by atoms with Crippen LogP contribution in [0.2, 0.25) is 0 Å². The fourth-order valence-electron chi connectivity index (χ4n) is 1.52. The van der Waals surface area contributed by atoms with Gasteiger partial charge in [-0.3, -0.25) is 0 Å². The zero-order valence-corrected chi connectivity index (χ0v) is 9.92. The molecule has 1 aromatic rings. The van der Waals surface area contributed by atoms with E-state index >= 15 is 0 Å². The van der Waals surface area contributed by atoms with Gasteiger partial charge in [0, 0.05) is 13.2 Å². The zero-order chi connectivity index (χ0) is 11.1. The Labute approximate surface area is 100 Å². The van der Waals surface area contributed by atoms with Crippen LogP contribution in [0.4, 0.5) is 0 Å². The van der Waals surface area contributed by atoms with Crippen LogP contribution in [0.5, 0.6) is 0 Å². The lowest BCUT2D eigenvalue weighted by Crippen LogP contribution is -2.11. The summed E-state index contributed by atoms with van der Waals surface area (Å²) in [5, 5.41) is 3.31. The van der Waals surface area contributed by atoms with Crippen LogP contribution in [0.15, 0.2) is 24.3 Å².